The lowest BCUT2D eigenvalue weighted by atomic mass is 10.0. The van der Waals surface area contributed by atoms with Crippen LogP contribution in [-0.4, -0.2) is 49.2 Å². The van der Waals surface area contributed by atoms with E-state index < -0.39 is 0 Å². The summed E-state index contributed by atoms with van der Waals surface area (Å²) in [4.78, 5) is 13.7. The molecule has 1 heterocycles. The zero-order valence-electron chi connectivity index (χ0n) is 10.5. The van der Waals surface area contributed by atoms with E-state index in [1.807, 2.05) is 6.92 Å². The molecule has 1 aliphatic heterocycles. The van der Waals surface area contributed by atoms with Crippen LogP contribution in [0.5, 0.6) is 0 Å². The number of hydrogen-bond donors (Lipinski definition) is 1. The summed E-state index contributed by atoms with van der Waals surface area (Å²) in [5.41, 5.74) is -0.0129. The van der Waals surface area contributed by atoms with Gasteiger partial charge in [-0.15, -0.1) is 0 Å². The van der Waals surface area contributed by atoms with Crippen molar-refractivity contribution in [2.24, 2.45) is 0 Å². The topological polar surface area (TPSA) is 41.6 Å². The van der Waals surface area contributed by atoms with Crippen molar-refractivity contribution in [1.82, 2.24) is 10.2 Å². The lowest BCUT2D eigenvalue weighted by Crippen LogP contribution is -2.55. The molecule has 1 fully saturated rings. The van der Waals surface area contributed by atoms with Crippen LogP contribution in [0, 0.1) is 0 Å². The first kappa shape index (κ1) is 13.2. The van der Waals surface area contributed by atoms with Gasteiger partial charge >= 0.3 is 0 Å². The molecular formula is C12H22N2O2. The van der Waals surface area contributed by atoms with E-state index in [1.165, 1.54) is 0 Å². The number of rotatable bonds is 4. The number of nitrogens with zero attached hydrogens (tertiary/aromatic N) is 1. The molecule has 0 unspecified atom stereocenters. The van der Waals surface area contributed by atoms with Gasteiger partial charge < -0.3 is 10.1 Å². The average molecular weight is 226 g/mol. The lowest BCUT2D eigenvalue weighted by molar-refractivity contribution is -0.117. The van der Waals surface area contributed by atoms with Crippen molar-refractivity contribution in [3.8, 4) is 0 Å². The van der Waals surface area contributed by atoms with Crippen LogP contribution in [0.25, 0.3) is 0 Å². The van der Waals surface area contributed by atoms with Gasteiger partial charge in [-0.25, -0.2) is 0 Å². The van der Waals surface area contributed by atoms with Crippen LogP contribution in [0.2, 0.25) is 0 Å². The molecule has 0 spiro atoms. The number of hydrogen-bond acceptors (Lipinski definition) is 3. The number of morpholine rings is 1. The van der Waals surface area contributed by atoms with Gasteiger partial charge in [-0.05, 0) is 26.8 Å². The first-order valence-electron chi connectivity index (χ1n) is 5.79. The van der Waals surface area contributed by atoms with Crippen LogP contribution in [0.3, 0.4) is 0 Å². The smallest absolute Gasteiger partial charge is 0.243 e. The minimum absolute atomic E-state index is 0.0129. The third kappa shape index (κ3) is 3.94. The fourth-order valence-electron chi connectivity index (χ4n) is 1.79. The van der Waals surface area contributed by atoms with Crippen molar-refractivity contribution in [2.45, 2.75) is 26.3 Å². The Kier molecular flexibility index (Phi) is 4.96. The second-order valence-electron chi connectivity index (χ2n) is 4.63. The van der Waals surface area contributed by atoms with E-state index in [-0.39, 0.29) is 11.4 Å². The molecule has 0 aromatic heterocycles. The maximum atomic E-state index is 11.3. The van der Waals surface area contributed by atoms with E-state index in [0.717, 1.165) is 26.3 Å². The zero-order chi connectivity index (χ0) is 12.0. The highest BCUT2D eigenvalue weighted by Gasteiger charge is 2.28. The van der Waals surface area contributed by atoms with Gasteiger partial charge in [0, 0.05) is 25.2 Å². The lowest BCUT2D eigenvalue weighted by Gasteiger charge is -2.40. The van der Waals surface area contributed by atoms with Crippen LogP contribution in [0.1, 0.15) is 20.8 Å². The molecule has 1 saturated heterocycles. The molecule has 0 atom stereocenters. The molecule has 1 N–H and O–H groups in total. The second-order valence-corrected chi connectivity index (χ2v) is 4.63. The Labute approximate surface area is 97.6 Å². The summed E-state index contributed by atoms with van der Waals surface area (Å²) < 4.78 is 5.32. The van der Waals surface area contributed by atoms with Crippen LogP contribution in [0.15, 0.2) is 12.2 Å². The van der Waals surface area contributed by atoms with Crippen LogP contribution in [-0.2, 0) is 9.53 Å². The monoisotopic (exact) mass is 226 g/mol. The number of carbonyl (C=O) groups is 1. The van der Waals surface area contributed by atoms with E-state index in [4.69, 9.17) is 4.74 Å². The third-order valence-corrected chi connectivity index (χ3v) is 2.88. The number of nitrogens with one attached hydrogen (secondary N) is 1. The first-order valence-corrected chi connectivity index (χ1v) is 5.79. The Hall–Kier alpha value is -0.870. The predicted molar refractivity (Wildman–Crippen MR) is 64.3 cm³/mol. The fourth-order valence-corrected chi connectivity index (χ4v) is 1.79. The second kappa shape index (κ2) is 6.01. The van der Waals surface area contributed by atoms with Crippen molar-refractivity contribution < 1.29 is 9.53 Å². The molecule has 4 heteroatoms. The van der Waals surface area contributed by atoms with E-state index in [9.17, 15) is 4.79 Å². The van der Waals surface area contributed by atoms with Gasteiger partial charge in [0.05, 0.1) is 13.2 Å². The Morgan fingerprint density at radius 1 is 1.44 bits per heavy atom. The number of allylic oxidation sites excluding steroid dienone is 1. The van der Waals surface area contributed by atoms with Gasteiger partial charge in [0.2, 0.25) is 5.91 Å². The van der Waals surface area contributed by atoms with Crippen molar-refractivity contribution in [1.29, 1.82) is 0 Å². The summed E-state index contributed by atoms with van der Waals surface area (Å²) in [6, 6.07) is 0. The molecule has 1 amide bonds. The van der Waals surface area contributed by atoms with Crippen LogP contribution >= 0.6 is 0 Å². The number of amides is 1. The molecule has 0 bridgehead atoms. The van der Waals surface area contributed by atoms with Crippen LogP contribution < -0.4 is 5.32 Å². The van der Waals surface area contributed by atoms with E-state index in [2.05, 4.69) is 24.1 Å². The summed E-state index contributed by atoms with van der Waals surface area (Å²) in [6.07, 6.45) is 3.30. The Morgan fingerprint density at radius 3 is 2.62 bits per heavy atom. The standard InChI is InChI=1S/C12H22N2O2/c1-4-5-11(15)13-10-12(2,3)14-6-8-16-9-7-14/h4-5H,6-10H2,1-3H3,(H,13,15). The van der Waals surface area contributed by atoms with E-state index in [0.29, 0.717) is 6.54 Å². The summed E-state index contributed by atoms with van der Waals surface area (Å²) in [5.74, 6) is -0.0242. The maximum Gasteiger partial charge on any atom is 0.243 e. The summed E-state index contributed by atoms with van der Waals surface area (Å²) in [7, 11) is 0. The first-order chi connectivity index (χ1) is 7.56. The van der Waals surface area contributed by atoms with Gasteiger partial charge in [0.25, 0.3) is 0 Å². The van der Waals surface area contributed by atoms with Gasteiger partial charge in [-0.1, -0.05) is 6.08 Å². The van der Waals surface area contributed by atoms with Crippen molar-refractivity contribution in [3.05, 3.63) is 12.2 Å². The quantitative estimate of drug-likeness (QED) is 0.721. The zero-order valence-corrected chi connectivity index (χ0v) is 10.5. The molecular weight excluding hydrogens is 204 g/mol. The van der Waals surface area contributed by atoms with Crippen molar-refractivity contribution >= 4 is 5.91 Å². The molecule has 16 heavy (non-hydrogen) atoms. The van der Waals surface area contributed by atoms with Crippen molar-refractivity contribution in [3.63, 3.8) is 0 Å². The number of ether oxygens (including phenoxy) is 1. The minimum Gasteiger partial charge on any atom is -0.379 e. The minimum atomic E-state index is -0.0242. The predicted octanol–water partition coefficient (Wildman–Crippen LogP) is 0.790. The highest BCUT2D eigenvalue weighted by molar-refractivity contribution is 5.87. The van der Waals surface area contributed by atoms with Gasteiger partial charge in [-0.3, -0.25) is 9.69 Å². The largest absolute Gasteiger partial charge is 0.379 e. The van der Waals surface area contributed by atoms with Gasteiger partial charge in [0.15, 0.2) is 0 Å². The Balaban J connectivity index is 2.40. The highest BCUT2D eigenvalue weighted by atomic mass is 16.5. The number of carbonyl (C=O) groups excluding carboxylic acids is 1. The molecule has 92 valence electrons. The van der Waals surface area contributed by atoms with Gasteiger partial charge in [0.1, 0.15) is 0 Å². The summed E-state index contributed by atoms with van der Waals surface area (Å²) in [5, 5.41) is 2.91. The van der Waals surface area contributed by atoms with E-state index in [1.54, 1.807) is 12.2 Å². The molecule has 0 aromatic carbocycles. The average Bonchev–Trinajstić information content (AvgIpc) is 2.28. The van der Waals surface area contributed by atoms with Crippen LogP contribution in [0.4, 0.5) is 0 Å². The molecule has 4 nitrogen and oxygen atoms in total. The Morgan fingerprint density at radius 2 is 2.06 bits per heavy atom. The molecule has 0 aromatic rings. The highest BCUT2D eigenvalue weighted by Crippen LogP contribution is 2.14. The molecule has 1 rings (SSSR count). The molecule has 1 aliphatic rings. The Bertz CT molecular complexity index is 256. The summed E-state index contributed by atoms with van der Waals surface area (Å²) in [6.45, 7) is 10.2. The molecule has 0 aliphatic carbocycles. The third-order valence-electron chi connectivity index (χ3n) is 2.88. The normalized spacial score (nSPS) is 18.9. The van der Waals surface area contributed by atoms with Gasteiger partial charge in [-0.2, -0.15) is 0 Å². The fraction of sp³-hybridized carbons (Fsp3) is 0.750. The van der Waals surface area contributed by atoms with E-state index >= 15 is 0 Å². The molecule has 0 saturated carbocycles. The summed E-state index contributed by atoms with van der Waals surface area (Å²) >= 11 is 0. The maximum absolute atomic E-state index is 11.3. The molecule has 0 radical (unpaired) electrons. The van der Waals surface area contributed by atoms with Crippen molar-refractivity contribution in [2.75, 3.05) is 32.8 Å². The SMILES string of the molecule is CC=CC(=O)NCC(C)(C)N1CCOCC1.